The van der Waals surface area contributed by atoms with E-state index in [4.69, 9.17) is 14.2 Å². The van der Waals surface area contributed by atoms with Crippen molar-refractivity contribution in [3.63, 3.8) is 0 Å². The van der Waals surface area contributed by atoms with Crippen LogP contribution in [0.15, 0.2) is 47.3 Å². The zero-order chi connectivity index (χ0) is 27.6. The zero-order valence-corrected chi connectivity index (χ0v) is 21.5. The van der Waals surface area contributed by atoms with Crippen molar-refractivity contribution >= 4 is 40.0 Å². The molecule has 0 spiro atoms. The standard InChI is InChI=1S/C26H30N6O7/c1-17(33)28-18-5-7-19(8-6-18)39-16-15-38-14-13-37-12-11-27-20-3-2-4-21-24(20)26(36)32(31-30-21)22-9-10-23(34)29-25(22)35/h2-8,22,27H,9-16H2,1H3,(H,28,33)(H,29,34,35). The van der Waals surface area contributed by atoms with E-state index in [-0.39, 0.29) is 24.7 Å². The molecule has 0 bridgehead atoms. The fourth-order valence-corrected chi connectivity index (χ4v) is 4.00. The first-order valence-electron chi connectivity index (χ1n) is 12.5. The summed E-state index contributed by atoms with van der Waals surface area (Å²) in [5, 5.41) is 16.4. The van der Waals surface area contributed by atoms with Crippen molar-refractivity contribution in [3.05, 3.63) is 52.8 Å². The first-order chi connectivity index (χ1) is 18.9. The number of nitrogens with zero attached hydrogens (tertiary/aromatic N) is 3. The van der Waals surface area contributed by atoms with Gasteiger partial charge in [-0.1, -0.05) is 11.3 Å². The molecule has 3 aromatic rings. The Morgan fingerprint density at radius 2 is 1.77 bits per heavy atom. The number of benzene rings is 2. The van der Waals surface area contributed by atoms with Crippen LogP contribution in [0, 0.1) is 0 Å². The number of fused-ring (bicyclic) bond motifs is 1. The van der Waals surface area contributed by atoms with Gasteiger partial charge in [0.2, 0.25) is 11.8 Å². The van der Waals surface area contributed by atoms with Crippen LogP contribution in [0.2, 0.25) is 0 Å². The highest BCUT2D eigenvalue weighted by Crippen LogP contribution is 2.20. The number of ether oxygens (including phenoxy) is 3. The van der Waals surface area contributed by atoms with Crippen molar-refractivity contribution in [2.24, 2.45) is 0 Å². The highest BCUT2D eigenvalue weighted by Gasteiger charge is 2.30. The maximum Gasteiger partial charge on any atom is 0.280 e. The second-order valence-electron chi connectivity index (χ2n) is 8.71. The van der Waals surface area contributed by atoms with Crippen LogP contribution < -0.4 is 26.2 Å². The molecule has 39 heavy (non-hydrogen) atoms. The summed E-state index contributed by atoms with van der Waals surface area (Å²) in [6.07, 6.45) is 0.320. The molecule has 1 atom stereocenters. The average molecular weight is 539 g/mol. The molecule has 13 nitrogen and oxygen atoms in total. The lowest BCUT2D eigenvalue weighted by Gasteiger charge is -2.21. The van der Waals surface area contributed by atoms with Gasteiger partial charge in [0.1, 0.15) is 23.9 Å². The average Bonchev–Trinajstić information content (AvgIpc) is 2.91. The minimum absolute atomic E-state index is 0.130. The van der Waals surface area contributed by atoms with Crippen molar-refractivity contribution in [2.75, 3.05) is 50.2 Å². The third kappa shape index (κ3) is 7.58. The van der Waals surface area contributed by atoms with Crippen LogP contribution in [0.1, 0.15) is 25.8 Å². The van der Waals surface area contributed by atoms with Crippen molar-refractivity contribution in [1.29, 1.82) is 0 Å². The van der Waals surface area contributed by atoms with Crippen molar-refractivity contribution < 1.29 is 28.6 Å². The number of amides is 3. The Bertz CT molecular complexity index is 1380. The highest BCUT2D eigenvalue weighted by atomic mass is 16.5. The van der Waals surface area contributed by atoms with E-state index in [1.54, 1.807) is 42.5 Å². The number of carbonyl (C=O) groups is 3. The molecule has 0 saturated carbocycles. The van der Waals surface area contributed by atoms with Gasteiger partial charge in [-0.3, -0.25) is 24.5 Å². The van der Waals surface area contributed by atoms with Crippen molar-refractivity contribution in [2.45, 2.75) is 25.8 Å². The van der Waals surface area contributed by atoms with Crippen LogP contribution in [0.4, 0.5) is 11.4 Å². The molecule has 2 aromatic carbocycles. The van der Waals surface area contributed by atoms with Crippen LogP contribution in [0.5, 0.6) is 5.75 Å². The molecule has 0 radical (unpaired) electrons. The Labute approximate surface area is 223 Å². The predicted molar refractivity (Wildman–Crippen MR) is 142 cm³/mol. The number of piperidine rings is 1. The Hall–Kier alpha value is -4.36. The fourth-order valence-electron chi connectivity index (χ4n) is 4.00. The molecule has 1 aliphatic heterocycles. The predicted octanol–water partition coefficient (Wildman–Crippen LogP) is 1.25. The van der Waals surface area contributed by atoms with Crippen LogP contribution >= 0.6 is 0 Å². The highest BCUT2D eigenvalue weighted by molar-refractivity contribution is 5.99. The third-order valence-corrected chi connectivity index (χ3v) is 5.82. The van der Waals surface area contributed by atoms with Crippen LogP contribution in [-0.2, 0) is 23.9 Å². The van der Waals surface area contributed by atoms with Gasteiger partial charge < -0.3 is 24.8 Å². The maximum absolute atomic E-state index is 13.2. The number of nitrogens with one attached hydrogen (secondary N) is 3. The normalized spacial score (nSPS) is 15.2. The van der Waals surface area contributed by atoms with E-state index < -0.39 is 17.5 Å². The summed E-state index contributed by atoms with van der Waals surface area (Å²) in [5.41, 5.74) is 1.19. The summed E-state index contributed by atoms with van der Waals surface area (Å²) in [7, 11) is 0. The van der Waals surface area contributed by atoms with Gasteiger partial charge in [0.25, 0.3) is 11.5 Å². The van der Waals surface area contributed by atoms with Crippen LogP contribution in [0.3, 0.4) is 0 Å². The molecule has 0 aliphatic carbocycles. The molecule has 4 rings (SSSR count). The largest absolute Gasteiger partial charge is 0.491 e. The number of hydrogen-bond acceptors (Lipinski definition) is 10. The quantitative estimate of drug-likeness (QED) is 0.213. The molecule has 1 aliphatic rings. The second-order valence-corrected chi connectivity index (χ2v) is 8.71. The summed E-state index contributed by atoms with van der Waals surface area (Å²) >= 11 is 0. The Kier molecular flexibility index (Phi) is 9.53. The molecule has 1 unspecified atom stereocenters. The van der Waals surface area contributed by atoms with Gasteiger partial charge in [-0.25, -0.2) is 0 Å². The fraction of sp³-hybridized carbons (Fsp3) is 0.385. The molecule has 1 saturated heterocycles. The van der Waals surface area contributed by atoms with E-state index in [2.05, 4.69) is 26.3 Å². The lowest BCUT2D eigenvalue weighted by Crippen LogP contribution is -2.45. The van der Waals surface area contributed by atoms with Gasteiger partial charge in [-0.05, 0) is 42.8 Å². The van der Waals surface area contributed by atoms with Crippen molar-refractivity contribution in [1.82, 2.24) is 20.3 Å². The maximum atomic E-state index is 13.2. The third-order valence-electron chi connectivity index (χ3n) is 5.82. The second kappa shape index (κ2) is 13.4. The summed E-state index contributed by atoms with van der Waals surface area (Å²) in [4.78, 5) is 47.9. The van der Waals surface area contributed by atoms with E-state index in [0.717, 1.165) is 4.68 Å². The number of rotatable bonds is 13. The number of imide groups is 1. The lowest BCUT2D eigenvalue weighted by molar-refractivity contribution is -0.136. The minimum Gasteiger partial charge on any atom is -0.491 e. The summed E-state index contributed by atoms with van der Waals surface area (Å²) in [5.74, 6) is -0.384. The Balaban J connectivity index is 1.17. The molecule has 1 fully saturated rings. The van der Waals surface area contributed by atoms with Crippen LogP contribution in [-0.4, -0.2) is 72.3 Å². The van der Waals surface area contributed by atoms with Gasteiger partial charge in [0.05, 0.1) is 31.8 Å². The Morgan fingerprint density at radius 1 is 1.03 bits per heavy atom. The lowest BCUT2D eigenvalue weighted by atomic mass is 10.1. The van der Waals surface area contributed by atoms with Crippen molar-refractivity contribution in [3.8, 4) is 5.75 Å². The summed E-state index contributed by atoms with van der Waals surface area (Å²) in [6.45, 7) is 3.80. The van der Waals surface area contributed by atoms with E-state index in [1.165, 1.54) is 6.92 Å². The first-order valence-corrected chi connectivity index (χ1v) is 12.5. The molecule has 3 N–H and O–H groups in total. The Morgan fingerprint density at radius 3 is 2.51 bits per heavy atom. The molecular formula is C26H30N6O7. The molecular weight excluding hydrogens is 508 g/mol. The number of aromatic nitrogens is 3. The minimum atomic E-state index is -0.885. The number of hydrogen-bond donors (Lipinski definition) is 3. The number of anilines is 2. The summed E-state index contributed by atoms with van der Waals surface area (Å²) < 4.78 is 17.7. The van der Waals surface area contributed by atoms with Gasteiger partial charge in [-0.2, -0.15) is 4.68 Å². The van der Waals surface area contributed by atoms with Gasteiger partial charge in [-0.15, -0.1) is 5.10 Å². The van der Waals surface area contributed by atoms with E-state index in [0.29, 0.717) is 67.6 Å². The molecule has 2 heterocycles. The van der Waals surface area contributed by atoms with E-state index >= 15 is 0 Å². The van der Waals surface area contributed by atoms with Gasteiger partial charge in [0.15, 0.2) is 0 Å². The van der Waals surface area contributed by atoms with E-state index in [9.17, 15) is 19.2 Å². The first kappa shape index (κ1) is 27.7. The topological polar surface area (TPSA) is 163 Å². The molecule has 13 heteroatoms. The molecule has 1 aromatic heterocycles. The molecule has 3 amide bonds. The molecule has 206 valence electrons. The SMILES string of the molecule is CC(=O)Nc1ccc(OCCOCCOCCNc2cccc3nnn(C4CCC(=O)NC4=O)c(=O)c23)cc1. The van der Waals surface area contributed by atoms with Gasteiger partial charge in [0, 0.05) is 31.3 Å². The monoisotopic (exact) mass is 538 g/mol. The van der Waals surface area contributed by atoms with Crippen LogP contribution in [0.25, 0.3) is 10.9 Å². The number of carbonyl (C=O) groups excluding carboxylic acids is 3. The zero-order valence-electron chi connectivity index (χ0n) is 21.5. The summed E-state index contributed by atoms with van der Waals surface area (Å²) in [6, 6.07) is 11.4. The smallest absolute Gasteiger partial charge is 0.280 e. The van der Waals surface area contributed by atoms with Gasteiger partial charge >= 0.3 is 0 Å². The van der Waals surface area contributed by atoms with E-state index in [1.807, 2.05) is 0 Å².